The molecule has 1 heterocycles. The van der Waals surface area contributed by atoms with Crippen molar-refractivity contribution < 1.29 is 0 Å². The van der Waals surface area contributed by atoms with Gasteiger partial charge in [-0.1, -0.05) is 57.3 Å². The van der Waals surface area contributed by atoms with Gasteiger partial charge in [-0.25, -0.2) is 0 Å². The summed E-state index contributed by atoms with van der Waals surface area (Å²) in [5, 5.41) is 1.60. The van der Waals surface area contributed by atoms with Crippen LogP contribution in [0.1, 0.15) is 37.4 Å². The molecule has 0 aromatic heterocycles. The monoisotopic (exact) mass is 298 g/mol. The minimum Gasteiger partial charge on any atom is -0.370 e. The van der Waals surface area contributed by atoms with E-state index in [9.17, 15) is 0 Å². The predicted molar refractivity (Wildman–Crippen MR) is 94.8 cm³/mol. The lowest BCUT2D eigenvalue weighted by Crippen LogP contribution is -2.27. The Morgan fingerprint density at radius 2 is 1.90 bits per heavy atom. The molecule has 0 N–H and O–H groups in total. The summed E-state index contributed by atoms with van der Waals surface area (Å²) in [5.74, 6) is 0.649. The molecule has 1 aromatic carbocycles. The van der Waals surface area contributed by atoms with Crippen LogP contribution in [0.5, 0.6) is 0 Å². The first-order chi connectivity index (χ1) is 9.95. The van der Waals surface area contributed by atoms with Gasteiger partial charge in [0.25, 0.3) is 0 Å². The van der Waals surface area contributed by atoms with Gasteiger partial charge in [-0.05, 0) is 47.4 Å². The summed E-state index contributed by atoms with van der Waals surface area (Å²) in [7, 11) is 1.78. The third kappa shape index (κ3) is 3.32. The van der Waals surface area contributed by atoms with Gasteiger partial charge in [0.05, 0.1) is 14.8 Å². The van der Waals surface area contributed by atoms with Crippen molar-refractivity contribution in [2.75, 3.05) is 7.05 Å². The Morgan fingerprint density at radius 3 is 2.48 bits per heavy atom. The lowest BCUT2D eigenvalue weighted by atomic mass is 9.90. The molecule has 1 aliphatic rings. The Labute approximate surface area is 132 Å². The highest BCUT2D eigenvalue weighted by Gasteiger charge is 2.25. The van der Waals surface area contributed by atoms with Crippen molar-refractivity contribution in [3.63, 3.8) is 0 Å². The number of aryl methyl sites for hydroxylation is 1. The van der Waals surface area contributed by atoms with Crippen molar-refractivity contribution in [3.8, 4) is 0 Å². The highest BCUT2D eigenvalue weighted by Crippen LogP contribution is 2.36. The van der Waals surface area contributed by atoms with E-state index < -0.39 is 8.80 Å². The van der Waals surface area contributed by atoms with Crippen molar-refractivity contribution in [1.82, 2.24) is 4.90 Å². The van der Waals surface area contributed by atoms with Gasteiger partial charge in [-0.3, -0.25) is 0 Å². The summed E-state index contributed by atoms with van der Waals surface area (Å²) in [6.07, 6.45) is 6.14. The molecule has 1 aliphatic heterocycles. The summed E-state index contributed by atoms with van der Waals surface area (Å²) < 4.78 is 0. The van der Waals surface area contributed by atoms with E-state index in [0.29, 0.717) is 12.0 Å². The van der Waals surface area contributed by atoms with Gasteiger partial charge in [0.15, 0.2) is 0 Å². The molecule has 1 aromatic rings. The van der Waals surface area contributed by atoms with E-state index in [1.807, 2.05) is 0 Å². The van der Waals surface area contributed by atoms with Crippen molar-refractivity contribution in [2.45, 2.75) is 46.3 Å². The van der Waals surface area contributed by atoms with Crippen LogP contribution < -0.4 is 0 Å². The Bertz CT molecular complexity index is 556. The molecule has 0 spiro atoms. The predicted octanol–water partition coefficient (Wildman–Crippen LogP) is 5.13. The minimum atomic E-state index is -0.434. The second-order valence-electron chi connectivity index (χ2n) is 6.44. The summed E-state index contributed by atoms with van der Waals surface area (Å²) >= 11 is 0. The van der Waals surface area contributed by atoms with Gasteiger partial charge in [0, 0.05) is 7.05 Å². The molecule has 1 nitrogen and oxygen atoms in total. The fourth-order valence-corrected chi connectivity index (χ4v) is 4.40. The molecule has 0 bridgehead atoms. The molecular formula is C19H28NSi. The normalized spacial score (nSPS) is 20.3. The number of benzene rings is 1. The van der Waals surface area contributed by atoms with Crippen molar-refractivity contribution in [3.05, 3.63) is 58.4 Å². The maximum atomic E-state index is 2.52. The summed E-state index contributed by atoms with van der Waals surface area (Å²) in [6, 6.07) is 9.14. The van der Waals surface area contributed by atoms with E-state index in [1.54, 1.807) is 10.8 Å². The summed E-state index contributed by atoms with van der Waals surface area (Å²) in [5.41, 5.74) is 4.39. The highest BCUT2D eigenvalue weighted by atomic mass is 28.3. The zero-order valence-corrected chi connectivity index (χ0v) is 15.3. The molecule has 2 atom stereocenters. The number of allylic oxidation sites excluding steroid dienone is 2. The maximum Gasteiger partial charge on any atom is 0.0814 e. The standard InChI is InChI=1S/C19H28NSi/c1-7-14(2)17-12-18(16-11-9-8-10-15(16)3)20(4)13-19(17)21(5)6/h8-14,18H,7H2,1-6H3. The van der Waals surface area contributed by atoms with Gasteiger partial charge >= 0.3 is 0 Å². The van der Waals surface area contributed by atoms with Crippen LogP contribution in [0.15, 0.2) is 47.3 Å². The van der Waals surface area contributed by atoms with Gasteiger partial charge in [0.2, 0.25) is 0 Å². The van der Waals surface area contributed by atoms with Crippen LogP contribution in [-0.4, -0.2) is 20.7 Å². The Morgan fingerprint density at radius 1 is 1.24 bits per heavy atom. The molecular weight excluding hydrogens is 270 g/mol. The zero-order chi connectivity index (χ0) is 15.6. The van der Waals surface area contributed by atoms with Crippen LogP contribution in [0, 0.1) is 12.8 Å². The molecule has 0 aliphatic carbocycles. The average molecular weight is 299 g/mol. The third-order valence-corrected chi connectivity index (χ3v) is 6.10. The summed E-state index contributed by atoms with van der Waals surface area (Å²) in [6.45, 7) is 11.7. The first-order valence-corrected chi connectivity index (χ1v) is 10.5. The maximum absolute atomic E-state index is 2.52. The van der Waals surface area contributed by atoms with Gasteiger partial charge < -0.3 is 4.90 Å². The second kappa shape index (κ2) is 6.65. The SMILES string of the molecule is CCC(C)C1=CC(c2ccccc2C)N(C)C=C1[Si](C)C. The number of rotatable bonds is 4. The van der Waals surface area contributed by atoms with Crippen molar-refractivity contribution in [1.29, 1.82) is 0 Å². The van der Waals surface area contributed by atoms with Gasteiger partial charge in [-0.2, -0.15) is 0 Å². The lowest BCUT2D eigenvalue weighted by Gasteiger charge is -2.35. The van der Waals surface area contributed by atoms with Crippen LogP contribution in [0.3, 0.4) is 0 Å². The first kappa shape index (κ1) is 16.1. The van der Waals surface area contributed by atoms with Crippen LogP contribution in [0.25, 0.3) is 0 Å². The molecule has 0 saturated heterocycles. The van der Waals surface area contributed by atoms with E-state index in [4.69, 9.17) is 0 Å². The molecule has 0 saturated carbocycles. The highest BCUT2D eigenvalue weighted by molar-refractivity contribution is 6.65. The molecule has 2 rings (SSSR count). The van der Waals surface area contributed by atoms with Crippen molar-refractivity contribution in [2.24, 2.45) is 5.92 Å². The zero-order valence-electron chi connectivity index (χ0n) is 14.3. The molecule has 113 valence electrons. The van der Waals surface area contributed by atoms with E-state index in [2.05, 4.69) is 82.4 Å². The van der Waals surface area contributed by atoms with Gasteiger partial charge in [-0.15, -0.1) is 0 Å². The third-order valence-electron chi connectivity index (χ3n) is 4.61. The number of nitrogens with zero attached hydrogens (tertiary/aromatic N) is 1. The van der Waals surface area contributed by atoms with Crippen LogP contribution in [0.4, 0.5) is 0 Å². The van der Waals surface area contributed by atoms with Crippen LogP contribution >= 0.6 is 0 Å². The van der Waals surface area contributed by atoms with Crippen LogP contribution in [-0.2, 0) is 0 Å². The second-order valence-corrected chi connectivity index (χ2v) is 8.98. The quantitative estimate of drug-likeness (QED) is 0.696. The Balaban J connectivity index is 2.46. The van der Waals surface area contributed by atoms with Crippen molar-refractivity contribution >= 4 is 8.80 Å². The average Bonchev–Trinajstić information content (AvgIpc) is 2.47. The smallest absolute Gasteiger partial charge is 0.0814 e. The molecule has 0 fully saturated rings. The minimum absolute atomic E-state index is 0.375. The molecule has 0 amide bonds. The van der Waals surface area contributed by atoms with Gasteiger partial charge in [0.1, 0.15) is 0 Å². The first-order valence-electron chi connectivity index (χ1n) is 7.97. The molecule has 1 radical (unpaired) electrons. The fourth-order valence-electron chi connectivity index (χ4n) is 3.03. The molecule has 21 heavy (non-hydrogen) atoms. The molecule has 2 heteroatoms. The van der Waals surface area contributed by atoms with E-state index in [0.717, 1.165) is 0 Å². The largest absolute Gasteiger partial charge is 0.370 e. The lowest BCUT2D eigenvalue weighted by molar-refractivity contribution is 0.380. The number of hydrogen-bond acceptors (Lipinski definition) is 1. The molecule has 2 unspecified atom stereocenters. The number of likely N-dealkylation sites (N-methyl/N-ethyl adjacent to an activating group) is 1. The fraction of sp³-hybridized carbons (Fsp3) is 0.474. The Hall–Kier alpha value is -1.28. The van der Waals surface area contributed by atoms with Crippen LogP contribution in [0.2, 0.25) is 13.1 Å². The topological polar surface area (TPSA) is 3.24 Å². The van der Waals surface area contributed by atoms with E-state index >= 15 is 0 Å². The Kier molecular flexibility index (Phi) is 5.10. The van der Waals surface area contributed by atoms with E-state index in [-0.39, 0.29) is 0 Å². The number of hydrogen-bond donors (Lipinski definition) is 0. The summed E-state index contributed by atoms with van der Waals surface area (Å²) in [4.78, 5) is 2.39. The van der Waals surface area contributed by atoms with E-state index in [1.165, 1.54) is 17.5 Å².